The maximum Gasteiger partial charge on any atom is 0.226 e. The smallest absolute Gasteiger partial charge is 0.226 e. The number of nitrogens with zero attached hydrogens (tertiary/aromatic N) is 2. The van der Waals surface area contributed by atoms with Crippen molar-refractivity contribution in [1.29, 1.82) is 0 Å². The van der Waals surface area contributed by atoms with Gasteiger partial charge in [0.25, 0.3) is 0 Å². The summed E-state index contributed by atoms with van der Waals surface area (Å²) < 4.78 is 3.03. The number of rotatable bonds is 6. The maximum atomic E-state index is 12.1. The van der Waals surface area contributed by atoms with Crippen molar-refractivity contribution in [3.8, 4) is 0 Å². The minimum Gasteiger partial charge on any atom is -0.353 e. The van der Waals surface area contributed by atoms with Crippen LogP contribution in [0.1, 0.15) is 24.6 Å². The minimum atomic E-state index is 0.0269. The fraction of sp³-hybridized carbons (Fsp3) is 0.294. The minimum absolute atomic E-state index is 0.0269. The predicted octanol–water partition coefficient (Wildman–Crippen LogP) is 3.84. The largest absolute Gasteiger partial charge is 0.353 e. The number of carbonyl (C=O) groups excluding carboxylic acids is 1. The van der Waals surface area contributed by atoms with E-state index in [1.165, 1.54) is 5.56 Å². The molecule has 0 aliphatic rings. The van der Waals surface area contributed by atoms with Gasteiger partial charge in [-0.2, -0.15) is 0 Å². The van der Waals surface area contributed by atoms with Gasteiger partial charge in [0.05, 0.1) is 12.1 Å². The number of nitrogens with one attached hydrogen (secondary N) is 1. The summed E-state index contributed by atoms with van der Waals surface area (Å²) in [5.74, 6) is 0.0269. The average molecular weight is 392 g/mol. The Morgan fingerprint density at radius 2 is 2.17 bits per heavy atom. The second kappa shape index (κ2) is 7.27. The Bertz CT molecular complexity index is 765. The first-order chi connectivity index (χ1) is 11.1. The Hall–Kier alpha value is -1.66. The van der Waals surface area contributed by atoms with Crippen LogP contribution in [0.2, 0.25) is 0 Å². The van der Waals surface area contributed by atoms with Crippen molar-refractivity contribution in [3.63, 3.8) is 0 Å². The summed E-state index contributed by atoms with van der Waals surface area (Å²) in [7, 11) is 0. The summed E-state index contributed by atoms with van der Waals surface area (Å²) in [4.78, 5) is 17.5. The van der Waals surface area contributed by atoms with Crippen LogP contribution in [-0.2, 0) is 17.6 Å². The number of hydrogen-bond acceptors (Lipinski definition) is 3. The van der Waals surface area contributed by atoms with Crippen LogP contribution in [0.3, 0.4) is 0 Å². The molecule has 0 spiro atoms. The highest BCUT2D eigenvalue weighted by molar-refractivity contribution is 9.10. The third-order valence-corrected chi connectivity index (χ3v) is 4.97. The quantitative estimate of drug-likeness (QED) is 0.693. The van der Waals surface area contributed by atoms with Gasteiger partial charge in [0.1, 0.15) is 0 Å². The van der Waals surface area contributed by atoms with E-state index in [0.717, 1.165) is 28.0 Å². The van der Waals surface area contributed by atoms with Gasteiger partial charge in [-0.1, -0.05) is 28.1 Å². The zero-order valence-corrected chi connectivity index (χ0v) is 15.2. The van der Waals surface area contributed by atoms with Crippen LogP contribution in [0, 0.1) is 0 Å². The van der Waals surface area contributed by atoms with Gasteiger partial charge < -0.3 is 5.32 Å². The van der Waals surface area contributed by atoms with Crippen LogP contribution >= 0.6 is 27.3 Å². The molecule has 6 heteroatoms. The zero-order chi connectivity index (χ0) is 16.2. The molecule has 23 heavy (non-hydrogen) atoms. The van der Waals surface area contributed by atoms with Crippen LogP contribution in [0.15, 0.2) is 46.5 Å². The van der Waals surface area contributed by atoms with E-state index in [2.05, 4.69) is 38.4 Å². The molecule has 1 unspecified atom stereocenters. The van der Waals surface area contributed by atoms with E-state index in [0.29, 0.717) is 6.42 Å². The molecule has 1 N–H and O–H groups in total. The summed E-state index contributed by atoms with van der Waals surface area (Å²) in [5.41, 5.74) is 2.10. The molecule has 3 aromatic rings. The fourth-order valence-corrected chi connectivity index (χ4v) is 3.44. The highest BCUT2D eigenvalue weighted by atomic mass is 79.9. The lowest BCUT2D eigenvalue weighted by atomic mass is 10.1. The van der Waals surface area contributed by atoms with Crippen molar-refractivity contribution in [2.75, 3.05) is 0 Å². The Morgan fingerprint density at radius 1 is 1.39 bits per heavy atom. The Labute approximate surface area is 147 Å². The predicted molar refractivity (Wildman–Crippen MR) is 96.8 cm³/mol. The van der Waals surface area contributed by atoms with E-state index in [1.54, 1.807) is 11.3 Å². The molecule has 3 rings (SSSR count). The molecule has 0 fully saturated rings. The number of fused-ring (bicyclic) bond motifs is 1. The molecule has 1 aromatic carbocycles. The highest BCUT2D eigenvalue weighted by Crippen LogP contribution is 2.13. The van der Waals surface area contributed by atoms with Crippen LogP contribution in [0.5, 0.6) is 0 Å². The molecule has 0 aliphatic carbocycles. The number of hydrogen-bond donors (Lipinski definition) is 1. The van der Waals surface area contributed by atoms with E-state index in [9.17, 15) is 4.79 Å². The van der Waals surface area contributed by atoms with Gasteiger partial charge in [-0.15, -0.1) is 11.3 Å². The standard InChI is InChI=1S/C17H18BrN3OS/c1-12(2-3-13-4-6-14(18)7-5-13)19-16(22)10-15-11-21-8-9-23-17(21)20-15/h4-9,11-12H,2-3,10H2,1H3,(H,19,22). The van der Waals surface area contributed by atoms with Gasteiger partial charge in [0.15, 0.2) is 4.96 Å². The number of halogens is 1. The first-order valence-corrected chi connectivity index (χ1v) is 9.22. The SMILES string of the molecule is CC(CCc1ccc(Br)cc1)NC(=O)Cc1cn2ccsc2n1. The molecule has 4 nitrogen and oxygen atoms in total. The van der Waals surface area contributed by atoms with E-state index in [-0.39, 0.29) is 11.9 Å². The lowest BCUT2D eigenvalue weighted by Gasteiger charge is -2.13. The summed E-state index contributed by atoms with van der Waals surface area (Å²) in [6.07, 6.45) is 6.07. The molecule has 2 aromatic heterocycles. The summed E-state index contributed by atoms with van der Waals surface area (Å²) >= 11 is 5.01. The van der Waals surface area contributed by atoms with Crippen molar-refractivity contribution >= 4 is 38.1 Å². The number of thiazole rings is 1. The number of carbonyl (C=O) groups is 1. The van der Waals surface area contributed by atoms with Crippen LogP contribution in [-0.4, -0.2) is 21.3 Å². The molecular formula is C17H18BrN3OS. The van der Waals surface area contributed by atoms with Crippen LogP contribution in [0.25, 0.3) is 4.96 Å². The summed E-state index contributed by atoms with van der Waals surface area (Å²) in [5, 5.41) is 5.03. The van der Waals surface area contributed by atoms with E-state index >= 15 is 0 Å². The van der Waals surface area contributed by atoms with E-state index < -0.39 is 0 Å². The Morgan fingerprint density at radius 3 is 2.91 bits per heavy atom. The third kappa shape index (κ3) is 4.42. The maximum absolute atomic E-state index is 12.1. The van der Waals surface area contributed by atoms with Crippen molar-refractivity contribution in [1.82, 2.24) is 14.7 Å². The van der Waals surface area contributed by atoms with Gasteiger partial charge >= 0.3 is 0 Å². The second-order valence-electron chi connectivity index (χ2n) is 5.64. The topological polar surface area (TPSA) is 46.4 Å². The van der Waals surface area contributed by atoms with E-state index in [4.69, 9.17) is 0 Å². The first-order valence-electron chi connectivity index (χ1n) is 7.55. The van der Waals surface area contributed by atoms with Gasteiger partial charge in [-0.25, -0.2) is 4.98 Å². The lowest BCUT2D eigenvalue weighted by molar-refractivity contribution is -0.121. The molecule has 1 atom stereocenters. The summed E-state index contributed by atoms with van der Waals surface area (Å²) in [6, 6.07) is 8.45. The average Bonchev–Trinajstić information content (AvgIpc) is 3.07. The van der Waals surface area contributed by atoms with Crippen molar-refractivity contribution < 1.29 is 4.79 Å². The molecule has 0 saturated heterocycles. The first kappa shape index (κ1) is 16.2. The molecular weight excluding hydrogens is 374 g/mol. The number of imidazole rings is 1. The monoisotopic (exact) mass is 391 g/mol. The Kier molecular flexibility index (Phi) is 5.13. The van der Waals surface area contributed by atoms with E-state index in [1.807, 2.05) is 41.2 Å². The fourth-order valence-electron chi connectivity index (χ4n) is 2.46. The molecule has 2 heterocycles. The normalized spacial score (nSPS) is 12.4. The molecule has 0 aliphatic heterocycles. The van der Waals surface area contributed by atoms with Gasteiger partial charge in [0.2, 0.25) is 5.91 Å². The van der Waals surface area contributed by atoms with Crippen molar-refractivity contribution in [3.05, 3.63) is 57.8 Å². The molecule has 0 saturated carbocycles. The van der Waals surface area contributed by atoms with Crippen LogP contribution < -0.4 is 5.32 Å². The molecule has 0 radical (unpaired) electrons. The van der Waals surface area contributed by atoms with Gasteiger partial charge in [0, 0.05) is 28.3 Å². The highest BCUT2D eigenvalue weighted by Gasteiger charge is 2.11. The molecule has 120 valence electrons. The van der Waals surface area contributed by atoms with Gasteiger partial charge in [-0.05, 0) is 37.5 Å². The number of amides is 1. The zero-order valence-electron chi connectivity index (χ0n) is 12.8. The van der Waals surface area contributed by atoms with Gasteiger partial charge in [-0.3, -0.25) is 9.20 Å². The van der Waals surface area contributed by atoms with Crippen LogP contribution in [0.4, 0.5) is 0 Å². The molecule has 1 amide bonds. The third-order valence-electron chi connectivity index (χ3n) is 3.67. The number of aromatic nitrogens is 2. The molecule has 0 bridgehead atoms. The number of aryl methyl sites for hydroxylation is 1. The lowest BCUT2D eigenvalue weighted by Crippen LogP contribution is -2.34. The number of benzene rings is 1. The second-order valence-corrected chi connectivity index (χ2v) is 7.42. The van der Waals surface area contributed by atoms with Crippen molar-refractivity contribution in [2.45, 2.75) is 32.2 Å². The Balaban J connectivity index is 1.47. The van der Waals surface area contributed by atoms with Crippen molar-refractivity contribution in [2.24, 2.45) is 0 Å². The summed E-state index contributed by atoms with van der Waals surface area (Å²) in [6.45, 7) is 2.04.